The van der Waals surface area contributed by atoms with E-state index in [-0.39, 0.29) is 0 Å². The molecule has 2 aliphatic rings. The van der Waals surface area contributed by atoms with Crippen LogP contribution in [0, 0.1) is 0 Å². The highest BCUT2D eigenvalue weighted by Gasteiger charge is 2.31. The lowest BCUT2D eigenvalue weighted by atomic mass is 9.88. The molecule has 17 heavy (non-hydrogen) atoms. The summed E-state index contributed by atoms with van der Waals surface area (Å²) in [6.07, 6.45) is 13.1. The summed E-state index contributed by atoms with van der Waals surface area (Å²) in [5.74, 6) is 0. The molecule has 1 aliphatic carbocycles. The predicted octanol–water partition coefficient (Wildman–Crippen LogP) is 3.21. The topological polar surface area (TPSA) is 21.3 Å². The summed E-state index contributed by atoms with van der Waals surface area (Å²) in [6, 6.07) is 0.698. The number of thioether (sulfide) groups is 1. The van der Waals surface area contributed by atoms with E-state index in [1.165, 1.54) is 57.9 Å². The molecular formula is C14H27NOS. The second-order valence-corrected chi connectivity index (χ2v) is 6.84. The van der Waals surface area contributed by atoms with Crippen LogP contribution in [0.5, 0.6) is 0 Å². The molecule has 1 unspecified atom stereocenters. The highest BCUT2D eigenvalue weighted by molar-refractivity contribution is 8.00. The van der Waals surface area contributed by atoms with Crippen LogP contribution in [-0.2, 0) is 4.74 Å². The highest BCUT2D eigenvalue weighted by atomic mass is 32.2. The maximum atomic E-state index is 5.52. The van der Waals surface area contributed by atoms with Crippen molar-refractivity contribution in [3.05, 3.63) is 0 Å². The molecule has 2 fully saturated rings. The second-order valence-electron chi connectivity index (χ2n) is 5.57. The van der Waals surface area contributed by atoms with Gasteiger partial charge in [0.2, 0.25) is 0 Å². The molecule has 0 aromatic heterocycles. The normalized spacial score (nSPS) is 29.8. The van der Waals surface area contributed by atoms with Crippen molar-refractivity contribution >= 4 is 11.8 Å². The Morgan fingerprint density at radius 2 is 1.94 bits per heavy atom. The van der Waals surface area contributed by atoms with Crippen LogP contribution >= 0.6 is 11.8 Å². The molecule has 0 amide bonds. The summed E-state index contributed by atoms with van der Waals surface area (Å²) < 4.78 is 6.06. The van der Waals surface area contributed by atoms with Gasteiger partial charge in [-0.15, -0.1) is 0 Å². The molecule has 0 aromatic rings. The van der Waals surface area contributed by atoms with E-state index >= 15 is 0 Å². The van der Waals surface area contributed by atoms with Gasteiger partial charge in [-0.05, 0) is 38.4 Å². The Balaban J connectivity index is 1.77. The van der Waals surface area contributed by atoms with Gasteiger partial charge in [-0.3, -0.25) is 0 Å². The third-order valence-corrected chi connectivity index (χ3v) is 5.78. The second kappa shape index (κ2) is 7.01. The van der Waals surface area contributed by atoms with Crippen LogP contribution in [0.1, 0.15) is 51.4 Å². The van der Waals surface area contributed by atoms with Crippen molar-refractivity contribution in [2.24, 2.45) is 0 Å². The third kappa shape index (κ3) is 4.15. The van der Waals surface area contributed by atoms with Crippen LogP contribution in [-0.4, -0.2) is 36.8 Å². The molecule has 3 heteroatoms. The molecule has 1 saturated heterocycles. The fourth-order valence-corrected chi connectivity index (χ4v) is 4.01. The number of hydrogen-bond donors (Lipinski definition) is 1. The zero-order chi connectivity index (χ0) is 12.0. The van der Waals surface area contributed by atoms with Gasteiger partial charge in [-0.1, -0.05) is 19.3 Å². The Kier molecular flexibility index (Phi) is 5.64. The van der Waals surface area contributed by atoms with E-state index < -0.39 is 0 Å². The molecule has 0 bridgehead atoms. The van der Waals surface area contributed by atoms with Crippen molar-refractivity contribution in [3.63, 3.8) is 0 Å². The molecule has 1 aliphatic heterocycles. The van der Waals surface area contributed by atoms with Gasteiger partial charge in [0.05, 0.1) is 0 Å². The summed E-state index contributed by atoms with van der Waals surface area (Å²) in [7, 11) is 0. The average Bonchev–Trinajstić information content (AvgIpc) is 2.66. The molecule has 1 heterocycles. The van der Waals surface area contributed by atoms with Gasteiger partial charge >= 0.3 is 0 Å². The number of ether oxygens (including phenoxy) is 1. The van der Waals surface area contributed by atoms with E-state index in [9.17, 15) is 0 Å². The zero-order valence-corrected chi connectivity index (χ0v) is 12.0. The smallest absolute Gasteiger partial charge is 0.0480 e. The van der Waals surface area contributed by atoms with Crippen molar-refractivity contribution < 1.29 is 4.74 Å². The van der Waals surface area contributed by atoms with Crippen molar-refractivity contribution in [2.75, 3.05) is 26.0 Å². The molecular weight excluding hydrogens is 230 g/mol. The van der Waals surface area contributed by atoms with Crippen LogP contribution in [0.3, 0.4) is 0 Å². The SMILES string of the molecule is CSC1(CNC2CCCOCC2)CCCCC1. The first kappa shape index (κ1) is 13.7. The molecule has 0 radical (unpaired) electrons. The fourth-order valence-electron chi connectivity index (χ4n) is 3.09. The largest absolute Gasteiger partial charge is 0.381 e. The fraction of sp³-hybridized carbons (Fsp3) is 1.00. The molecule has 2 nitrogen and oxygen atoms in total. The molecule has 1 saturated carbocycles. The number of hydrogen-bond acceptors (Lipinski definition) is 3. The minimum Gasteiger partial charge on any atom is -0.381 e. The van der Waals surface area contributed by atoms with Crippen LogP contribution in [0.15, 0.2) is 0 Å². The van der Waals surface area contributed by atoms with E-state index in [0.717, 1.165) is 13.2 Å². The minimum absolute atomic E-state index is 0.533. The van der Waals surface area contributed by atoms with Gasteiger partial charge in [0.25, 0.3) is 0 Å². The lowest BCUT2D eigenvalue weighted by molar-refractivity contribution is 0.142. The third-order valence-electron chi connectivity index (χ3n) is 4.36. The average molecular weight is 257 g/mol. The summed E-state index contributed by atoms with van der Waals surface area (Å²) >= 11 is 2.09. The molecule has 1 N–H and O–H groups in total. The summed E-state index contributed by atoms with van der Waals surface area (Å²) in [4.78, 5) is 0. The van der Waals surface area contributed by atoms with Crippen molar-refractivity contribution in [1.29, 1.82) is 0 Å². The number of rotatable bonds is 4. The summed E-state index contributed by atoms with van der Waals surface area (Å²) in [6.45, 7) is 3.12. The van der Waals surface area contributed by atoms with Crippen LogP contribution < -0.4 is 5.32 Å². The standard InChI is InChI=1S/C14H27NOS/c1-17-14(8-3-2-4-9-14)12-15-13-6-5-10-16-11-7-13/h13,15H,2-12H2,1H3. The van der Waals surface area contributed by atoms with E-state index in [0.29, 0.717) is 10.8 Å². The molecule has 0 spiro atoms. The lowest BCUT2D eigenvalue weighted by Gasteiger charge is -2.37. The molecule has 1 atom stereocenters. The Labute approximate surface area is 110 Å². The molecule has 2 rings (SSSR count). The Hall–Kier alpha value is 0.270. The van der Waals surface area contributed by atoms with Crippen molar-refractivity contribution in [3.8, 4) is 0 Å². The first-order chi connectivity index (χ1) is 8.35. The maximum Gasteiger partial charge on any atom is 0.0480 e. The molecule has 100 valence electrons. The maximum absolute atomic E-state index is 5.52. The van der Waals surface area contributed by atoms with Gasteiger partial charge in [0.15, 0.2) is 0 Å². The van der Waals surface area contributed by atoms with Gasteiger partial charge in [0.1, 0.15) is 0 Å². The Morgan fingerprint density at radius 3 is 2.71 bits per heavy atom. The van der Waals surface area contributed by atoms with E-state index in [1.807, 2.05) is 0 Å². The first-order valence-electron chi connectivity index (χ1n) is 7.21. The van der Waals surface area contributed by atoms with Gasteiger partial charge in [-0.2, -0.15) is 11.8 Å². The van der Waals surface area contributed by atoms with Crippen molar-refractivity contribution in [2.45, 2.75) is 62.2 Å². The van der Waals surface area contributed by atoms with E-state index in [4.69, 9.17) is 4.74 Å². The van der Waals surface area contributed by atoms with Gasteiger partial charge in [0, 0.05) is 30.5 Å². The highest BCUT2D eigenvalue weighted by Crippen LogP contribution is 2.38. The first-order valence-corrected chi connectivity index (χ1v) is 8.43. The van der Waals surface area contributed by atoms with Gasteiger partial charge < -0.3 is 10.1 Å². The van der Waals surface area contributed by atoms with Crippen LogP contribution in [0.2, 0.25) is 0 Å². The minimum atomic E-state index is 0.533. The predicted molar refractivity (Wildman–Crippen MR) is 75.8 cm³/mol. The Morgan fingerprint density at radius 1 is 1.12 bits per heavy atom. The van der Waals surface area contributed by atoms with Crippen LogP contribution in [0.25, 0.3) is 0 Å². The summed E-state index contributed by atoms with van der Waals surface area (Å²) in [5.41, 5.74) is 0. The monoisotopic (exact) mass is 257 g/mol. The zero-order valence-electron chi connectivity index (χ0n) is 11.2. The van der Waals surface area contributed by atoms with E-state index in [1.54, 1.807) is 0 Å². The molecule has 0 aromatic carbocycles. The van der Waals surface area contributed by atoms with Gasteiger partial charge in [-0.25, -0.2) is 0 Å². The summed E-state index contributed by atoms with van der Waals surface area (Å²) in [5, 5.41) is 3.82. The number of nitrogens with one attached hydrogen (secondary N) is 1. The quantitative estimate of drug-likeness (QED) is 0.835. The Bertz CT molecular complexity index is 208. The lowest BCUT2D eigenvalue weighted by Crippen LogP contribution is -2.43. The van der Waals surface area contributed by atoms with Crippen molar-refractivity contribution in [1.82, 2.24) is 5.32 Å². The van der Waals surface area contributed by atoms with Crippen LogP contribution in [0.4, 0.5) is 0 Å². The van der Waals surface area contributed by atoms with E-state index in [2.05, 4.69) is 23.3 Å².